The van der Waals surface area contributed by atoms with Crippen molar-refractivity contribution >= 4 is 11.0 Å². The molecule has 0 bridgehead atoms. The van der Waals surface area contributed by atoms with Gasteiger partial charge in [0, 0.05) is 18.3 Å². The van der Waals surface area contributed by atoms with E-state index in [-0.39, 0.29) is 5.54 Å². The van der Waals surface area contributed by atoms with Crippen LogP contribution in [0.2, 0.25) is 0 Å². The van der Waals surface area contributed by atoms with E-state index >= 15 is 0 Å². The molecule has 0 saturated carbocycles. The Morgan fingerprint density at radius 2 is 1.90 bits per heavy atom. The second-order valence-corrected chi connectivity index (χ2v) is 6.21. The van der Waals surface area contributed by atoms with Crippen molar-refractivity contribution in [1.29, 1.82) is 0 Å². The van der Waals surface area contributed by atoms with Crippen LogP contribution in [-0.2, 0) is 6.54 Å². The Morgan fingerprint density at radius 1 is 1.10 bits per heavy atom. The third-order valence-corrected chi connectivity index (χ3v) is 3.33. The van der Waals surface area contributed by atoms with Gasteiger partial charge in [0.2, 0.25) is 0 Å². The van der Waals surface area contributed by atoms with Crippen LogP contribution in [0, 0.1) is 0 Å². The van der Waals surface area contributed by atoms with Crippen molar-refractivity contribution in [3.63, 3.8) is 0 Å². The number of hydrogen-bond acceptors (Lipinski definition) is 3. The molecule has 0 atom stereocenters. The lowest BCUT2D eigenvalue weighted by atomic mass is 10.1. The molecule has 1 N–H and O–H groups in total. The van der Waals surface area contributed by atoms with E-state index in [0.717, 1.165) is 29.0 Å². The average molecular weight is 280 g/mol. The average Bonchev–Trinajstić information content (AvgIpc) is 2.89. The number of nitrogens with one attached hydrogen (secondary N) is 1. The Kier molecular flexibility index (Phi) is 3.47. The second-order valence-electron chi connectivity index (χ2n) is 6.21. The van der Waals surface area contributed by atoms with Gasteiger partial charge in [0.1, 0.15) is 6.33 Å². The summed E-state index contributed by atoms with van der Waals surface area (Å²) in [6.45, 7) is 7.21. The minimum absolute atomic E-state index is 0.0827. The van der Waals surface area contributed by atoms with Crippen molar-refractivity contribution in [2.24, 2.45) is 0 Å². The molecule has 3 aromatic rings. The highest BCUT2D eigenvalue weighted by atomic mass is 15.1. The molecule has 108 valence electrons. The number of benzene rings is 1. The molecule has 0 unspecified atom stereocenters. The number of para-hydroxylation sites is 2. The molecule has 0 aliphatic rings. The monoisotopic (exact) mass is 280 g/mol. The highest BCUT2D eigenvalue weighted by molar-refractivity contribution is 5.77. The quantitative estimate of drug-likeness (QED) is 0.800. The van der Waals surface area contributed by atoms with E-state index in [4.69, 9.17) is 0 Å². The van der Waals surface area contributed by atoms with Gasteiger partial charge in [0.25, 0.3) is 0 Å². The molecular weight excluding hydrogens is 260 g/mol. The van der Waals surface area contributed by atoms with E-state index in [0.29, 0.717) is 0 Å². The lowest BCUT2D eigenvalue weighted by molar-refractivity contribution is 0.421. The number of nitrogens with zero attached hydrogens (tertiary/aromatic N) is 3. The van der Waals surface area contributed by atoms with Crippen LogP contribution >= 0.6 is 0 Å². The minimum Gasteiger partial charge on any atom is -0.306 e. The van der Waals surface area contributed by atoms with E-state index in [1.165, 1.54) is 0 Å². The second kappa shape index (κ2) is 5.30. The molecule has 2 aromatic heterocycles. The number of pyridine rings is 1. The van der Waals surface area contributed by atoms with Crippen molar-refractivity contribution in [3.05, 3.63) is 54.6 Å². The fraction of sp³-hybridized carbons (Fsp3) is 0.294. The van der Waals surface area contributed by atoms with Gasteiger partial charge in [-0.2, -0.15) is 0 Å². The molecule has 4 heteroatoms. The Bertz CT molecular complexity index is 753. The SMILES string of the molecule is CC(C)(C)NCc1cc(-n2cnc3ccccc32)ccn1. The fourth-order valence-electron chi connectivity index (χ4n) is 2.23. The first kappa shape index (κ1) is 13.8. The summed E-state index contributed by atoms with van der Waals surface area (Å²) in [6, 6.07) is 12.3. The van der Waals surface area contributed by atoms with Crippen molar-refractivity contribution in [3.8, 4) is 5.69 Å². The number of hydrogen-bond donors (Lipinski definition) is 1. The number of fused-ring (bicyclic) bond motifs is 1. The van der Waals surface area contributed by atoms with E-state index < -0.39 is 0 Å². The van der Waals surface area contributed by atoms with Crippen molar-refractivity contribution < 1.29 is 0 Å². The third kappa shape index (κ3) is 3.11. The predicted molar refractivity (Wildman–Crippen MR) is 85.5 cm³/mol. The Balaban J connectivity index is 1.92. The molecule has 4 nitrogen and oxygen atoms in total. The maximum absolute atomic E-state index is 4.44. The lowest BCUT2D eigenvalue weighted by Gasteiger charge is -2.20. The summed E-state index contributed by atoms with van der Waals surface area (Å²) in [7, 11) is 0. The van der Waals surface area contributed by atoms with Crippen molar-refractivity contribution in [1.82, 2.24) is 19.9 Å². The molecule has 0 saturated heterocycles. The lowest BCUT2D eigenvalue weighted by Crippen LogP contribution is -2.35. The van der Waals surface area contributed by atoms with Crippen LogP contribution in [0.4, 0.5) is 0 Å². The van der Waals surface area contributed by atoms with E-state index in [9.17, 15) is 0 Å². The van der Waals surface area contributed by atoms with Gasteiger partial charge < -0.3 is 5.32 Å². The summed E-state index contributed by atoms with van der Waals surface area (Å²) in [6.07, 6.45) is 3.71. The van der Waals surface area contributed by atoms with E-state index in [1.807, 2.05) is 36.8 Å². The molecule has 3 rings (SSSR count). The fourth-order valence-corrected chi connectivity index (χ4v) is 2.23. The van der Waals surface area contributed by atoms with Crippen LogP contribution < -0.4 is 5.32 Å². The Labute approximate surface area is 124 Å². The number of imidazole rings is 1. The molecule has 1 aromatic carbocycles. The van der Waals surface area contributed by atoms with Gasteiger partial charge >= 0.3 is 0 Å². The highest BCUT2D eigenvalue weighted by Crippen LogP contribution is 2.18. The summed E-state index contributed by atoms with van der Waals surface area (Å²) in [5.74, 6) is 0. The molecule has 0 amide bonds. The van der Waals surface area contributed by atoms with Crippen LogP contribution in [0.15, 0.2) is 48.9 Å². The van der Waals surface area contributed by atoms with E-state index in [1.54, 1.807) is 0 Å². The number of aromatic nitrogens is 3. The van der Waals surface area contributed by atoms with Crippen LogP contribution in [0.1, 0.15) is 26.5 Å². The van der Waals surface area contributed by atoms with Crippen molar-refractivity contribution in [2.75, 3.05) is 0 Å². The maximum Gasteiger partial charge on any atom is 0.100 e. The van der Waals surface area contributed by atoms with Gasteiger partial charge in [0.05, 0.1) is 22.4 Å². The van der Waals surface area contributed by atoms with Gasteiger partial charge in [-0.1, -0.05) is 12.1 Å². The van der Waals surface area contributed by atoms with Crippen molar-refractivity contribution in [2.45, 2.75) is 32.9 Å². The largest absolute Gasteiger partial charge is 0.306 e. The zero-order chi connectivity index (χ0) is 14.9. The summed E-state index contributed by atoms with van der Waals surface area (Å²) in [5.41, 5.74) is 4.31. The zero-order valence-electron chi connectivity index (χ0n) is 12.7. The minimum atomic E-state index is 0.0827. The van der Waals surface area contributed by atoms with Crippen LogP contribution in [0.3, 0.4) is 0 Å². The molecule has 0 aliphatic carbocycles. The predicted octanol–water partition coefficient (Wildman–Crippen LogP) is 3.31. The van der Waals surface area contributed by atoms with Gasteiger partial charge in [-0.25, -0.2) is 4.98 Å². The van der Waals surface area contributed by atoms with E-state index in [2.05, 4.69) is 52.8 Å². The first-order chi connectivity index (χ1) is 10.0. The molecule has 2 heterocycles. The smallest absolute Gasteiger partial charge is 0.100 e. The molecular formula is C17H20N4. The summed E-state index contributed by atoms with van der Waals surface area (Å²) >= 11 is 0. The van der Waals surface area contributed by atoms with Crippen LogP contribution in [0.5, 0.6) is 0 Å². The van der Waals surface area contributed by atoms with Gasteiger partial charge in [-0.3, -0.25) is 9.55 Å². The maximum atomic E-state index is 4.44. The first-order valence-electron chi connectivity index (χ1n) is 7.15. The Morgan fingerprint density at radius 3 is 2.71 bits per heavy atom. The van der Waals surface area contributed by atoms with Gasteiger partial charge in [-0.15, -0.1) is 0 Å². The molecule has 0 radical (unpaired) electrons. The number of rotatable bonds is 3. The van der Waals surface area contributed by atoms with Crippen LogP contribution in [0.25, 0.3) is 16.7 Å². The topological polar surface area (TPSA) is 42.7 Å². The van der Waals surface area contributed by atoms with Crippen LogP contribution in [-0.4, -0.2) is 20.1 Å². The molecule has 0 fully saturated rings. The zero-order valence-corrected chi connectivity index (χ0v) is 12.7. The molecule has 21 heavy (non-hydrogen) atoms. The van der Waals surface area contributed by atoms with Gasteiger partial charge in [-0.05, 0) is 45.0 Å². The van der Waals surface area contributed by atoms with Gasteiger partial charge in [0.15, 0.2) is 0 Å². The Hall–Kier alpha value is -2.20. The molecule has 0 aliphatic heterocycles. The normalized spacial score (nSPS) is 12.0. The summed E-state index contributed by atoms with van der Waals surface area (Å²) in [4.78, 5) is 8.87. The standard InChI is InChI=1S/C17H20N4/c1-17(2,3)20-11-13-10-14(8-9-18-13)21-12-19-15-6-4-5-7-16(15)21/h4-10,12,20H,11H2,1-3H3. The molecule has 0 spiro atoms. The highest BCUT2D eigenvalue weighted by Gasteiger charge is 2.10. The third-order valence-electron chi connectivity index (χ3n) is 3.33. The summed E-state index contributed by atoms with van der Waals surface area (Å²) < 4.78 is 2.09. The summed E-state index contributed by atoms with van der Waals surface area (Å²) in [5, 5.41) is 3.46. The first-order valence-corrected chi connectivity index (χ1v) is 7.15.